The van der Waals surface area contributed by atoms with Gasteiger partial charge in [0, 0.05) is 49.3 Å². The second-order valence-corrected chi connectivity index (χ2v) is 6.03. The number of hydrogen-bond acceptors (Lipinski definition) is 5. The van der Waals surface area contributed by atoms with Crippen molar-refractivity contribution in [3.05, 3.63) is 34.0 Å². The normalized spacial score (nSPS) is 17.5. The summed E-state index contributed by atoms with van der Waals surface area (Å²) in [4.78, 5) is 18.5. The molecule has 22 heavy (non-hydrogen) atoms. The van der Waals surface area contributed by atoms with Crippen LogP contribution >= 0.6 is 11.3 Å². The zero-order chi connectivity index (χ0) is 15.5. The van der Waals surface area contributed by atoms with Gasteiger partial charge in [0.1, 0.15) is 5.69 Å². The van der Waals surface area contributed by atoms with E-state index in [-0.39, 0.29) is 11.8 Å². The molecule has 2 aromatic heterocycles. The fraction of sp³-hybridized carbons (Fsp3) is 0.533. The molecule has 118 valence electrons. The first-order chi connectivity index (χ1) is 10.7. The number of nitrogens with zero attached hydrogens (tertiary/aromatic N) is 4. The molecule has 3 rings (SSSR count). The summed E-state index contributed by atoms with van der Waals surface area (Å²) in [6, 6.07) is 0. The maximum absolute atomic E-state index is 12.6. The molecule has 3 heterocycles. The Labute approximate surface area is 133 Å². The highest BCUT2D eigenvalue weighted by Crippen LogP contribution is 2.28. The van der Waals surface area contributed by atoms with E-state index < -0.39 is 0 Å². The lowest BCUT2D eigenvalue weighted by molar-refractivity contribution is 0.0647. The molecule has 0 saturated carbocycles. The maximum Gasteiger partial charge on any atom is 0.273 e. The molecule has 7 heteroatoms. The van der Waals surface area contributed by atoms with Crippen LogP contribution in [0.15, 0.2) is 17.1 Å². The molecule has 1 atom stereocenters. The standard InChI is InChI=1S/C15H20N4O2S/c1-3-19-7-11-5-18(15(20)13-9-22-10-16-13)6-12(8-21-4-2)14(11)17-19/h7,9-10,12H,3-6,8H2,1-2H3. The highest BCUT2D eigenvalue weighted by atomic mass is 32.1. The Hall–Kier alpha value is -1.73. The first-order valence-electron chi connectivity index (χ1n) is 7.54. The summed E-state index contributed by atoms with van der Waals surface area (Å²) in [6.45, 7) is 7.35. The van der Waals surface area contributed by atoms with Crippen molar-refractivity contribution in [1.29, 1.82) is 0 Å². The molecule has 0 radical (unpaired) electrons. The minimum absolute atomic E-state index is 0.0161. The first kappa shape index (κ1) is 15.2. The predicted molar refractivity (Wildman–Crippen MR) is 84.0 cm³/mol. The van der Waals surface area contributed by atoms with E-state index in [4.69, 9.17) is 4.74 Å². The van der Waals surface area contributed by atoms with Gasteiger partial charge in [0.2, 0.25) is 0 Å². The van der Waals surface area contributed by atoms with Gasteiger partial charge in [0.15, 0.2) is 0 Å². The van der Waals surface area contributed by atoms with Crippen molar-refractivity contribution in [3.8, 4) is 0 Å². The molecule has 0 bridgehead atoms. The Morgan fingerprint density at radius 1 is 1.50 bits per heavy atom. The van der Waals surface area contributed by atoms with Crippen LogP contribution in [-0.4, -0.2) is 45.3 Å². The van der Waals surface area contributed by atoms with Crippen molar-refractivity contribution in [3.63, 3.8) is 0 Å². The molecule has 0 N–H and O–H groups in total. The van der Waals surface area contributed by atoms with Crippen molar-refractivity contribution in [2.24, 2.45) is 0 Å². The van der Waals surface area contributed by atoms with E-state index >= 15 is 0 Å². The Balaban J connectivity index is 1.85. The van der Waals surface area contributed by atoms with Gasteiger partial charge in [-0.05, 0) is 13.8 Å². The van der Waals surface area contributed by atoms with Crippen LogP contribution in [0.5, 0.6) is 0 Å². The Bertz CT molecular complexity index is 638. The van der Waals surface area contributed by atoms with Gasteiger partial charge >= 0.3 is 0 Å². The highest BCUT2D eigenvalue weighted by Gasteiger charge is 2.32. The van der Waals surface area contributed by atoms with Crippen LogP contribution in [0, 0.1) is 0 Å². The van der Waals surface area contributed by atoms with E-state index in [0.717, 1.165) is 17.8 Å². The summed E-state index contributed by atoms with van der Waals surface area (Å²) in [5.41, 5.74) is 4.39. The summed E-state index contributed by atoms with van der Waals surface area (Å²) in [5.74, 6) is 0.108. The minimum Gasteiger partial charge on any atom is -0.381 e. The van der Waals surface area contributed by atoms with Gasteiger partial charge in [-0.1, -0.05) is 0 Å². The van der Waals surface area contributed by atoms with E-state index in [2.05, 4.69) is 17.0 Å². The van der Waals surface area contributed by atoms with Gasteiger partial charge in [-0.25, -0.2) is 4.98 Å². The van der Waals surface area contributed by atoms with Gasteiger partial charge in [0.05, 0.1) is 17.8 Å². The summed E-state index contributed by atoms with van der Waals surface area (Å²) >= 11 is 1.44. The summed E-state index contributed by atoms with van der Waals surface area (Å²) in [5, 5.41) is 6.44. The van der Waals surface area contributed by atoms with Crippen LogP contribution in [0.25, 0.3) is 0 Å². The lowest BCUT2D eigenvalue weighted by Crippen LogP contribution is -2.39. The zero-order valence-electron chi connectivity index (χ0n) is 12.9. The fourth-order valence-corrected chi connectivity index (χ4v) is 3.28. The number of aromatic nitrogens is 3. The minimum atomic E-state index is -0.0161. The van der Waals surface area contributed by atoms with E-state index in [1.54, 1.807) is 10.9 Å². The van der Waals surface area contributed by atoms with Crippen molar-refractivity contribution in [2.75, 3.05) is 19.8 Å². The van der Waals surface area contributed by atoms with Gasteiger partial charge in [0.25, 0.3) is 5.91 Å². The average Bonchev–Trinajstić information content (AvgIpc) is 3.20. The van der Waals surface area contributed by atoms with Gasteiger partial charge in [-0.3, -0.25) is 9.48 Å². The molecule has 1 amide bonds. The van der Waals surface area contributed by atoms with Crippen molar-refractivity contribution in [1.82, 2.24) is 19.7 Å². The molecule has 0 aromatic carbocycles. The Morgan fingerprint density at radius 3 is 3.05 bits per heavy atom. The SMILES string of the molecule is CCOCC1CN(C(=O)c2cscn2)Cc2cn(CC)nc21. The second-order valence-electron chi connectivity index (χ2n) is 5.31. The van der Waals surface area contributed by atoms with Gasteiger partial charge < -0.3 is 9.64 Å². The fourth-order valence-electron chi connectivity index (χ4n) is 2.75. The molecule has 2 aromatic rings. The number of thiazole rings is 1. The molecule has 1 aliphatic rings. The predicted octanol–water partition coefficient (Wildman–Crippen LogP) is 2.14. The van der Waals surface area contributed by atoms with Crippen LogP contribution in [-0.2, 0) is 17.8 Å². The molecule has 0 spiro atoms. The van der Waals surface area contributed by atoms with E-state index in [0.29, 0.717) is 32.0 Å². The van der Waals surface area contributed by atoms with Crippen LogP contribution in [0.2, 0.25) is 0 Å². The maximum atomic E-state index is 12.6. The van der Waals surface area contributed by atoms with Gasteiger partial charge in [-0.15, -0.1) is 11.3 Å². The van der Waals surface area contributed by atoms with Crippen molar-refractivity contribution in [2.45, 2.75) is 32.9 Å². The topological polar surface area (TPSA) is 60.2 Å². The lowest BCUT2D eigenvalue weighted by Gasteiger charge is -2.31. The van der Waals surface area contributed by atoms with Crippen LogP contribution in [0.1, 0.15) is 41.5 Å². The number of carbonyl (C=O) groups excluding carboxylic acids is 1. The van der Waals surface area contributed by atoms with E-state index in [1.807, 2.05) is 22.7 Å². The Morgan fingerprint density at radius 2 is 2.36 bits per heavy atom. The van der Waals surface area contributed by atoms with Crippen molar-refractivity contribution >= 4 is 17.2 Å². The van der Waals surface area contributed by atoms with Crippen LogP contribution in [0.3, 0.4) is 0 Å². The molecule has 1 aliphatic heterocycles. The molecule has 0 saturated heterocycles. The largest absolute Gasteiger partial charge is 0.381 e. The third kappa shape index (κ3) is 2.91. The van der Waals surface area contributed by atoms with Crippen molar-refractivity contribution < 1.29 is 9.53 Å². The molecular weight excluding hydrogens is 300 g/mol. The average molecular weight is 320 g/mol. The highest BCUT2D eigenvalue weighted by molar-refractivity contribution is 7.07. The number of ether oxygens (including phenoxy) is 1. The number of rotatable bonds is 5. The second kappa shape index (κ2) is 6.58. The number of aryl methyl sites for hydroxylation is 1. The van der Waals surface area contributed by atoms with Gasteiger partial charge in [-0.2, -0.15) is 5.10 Å². The summed E-state index contributed by atoms with van der Waals surface area (Å²) in [7, 11) is 0. The molecular formula is C15H20N4O2S. The summed E-state index contributed by atoms with van der Waals surface area (Å²) < 4.78 is 7.52. The molecule has 1 unspecified atom stereocenters. The van der Waals surface area contributed by atoms with E-state index in [9.17, 15) is 4.79 Å². The zero-order valence-corrected chi connectivity index (χ0v) is 13.7. The number of carbonyl (C=O) groups is 1. The third-order valence-electron chi connectivity index (χ3n) is 3.84. The summed E-state index contributed by atoms with van der Waals surface area (Å²) in [6.07, 6.45) is 2.04. The Kier molecular flexibility index (Phi) is 4.54. The number of amides is 1. The monoisotopic (exact) mass is 320 g/mol. The molecule has 6 nitrogen and oxygen atoms in total. The first-order valence-corrected chi connectivity index (χ1v) is 8.48. The van der Waals surface area contributed by atoms with Crippen LogP contribution < -0.4 is 0 Å². The lowest BCUT2D eigenvalue weighted by atomic mass is 9.97. The number of fused-ring (bicyclic) bond motifs is 1. The molecule has 0 aliphatic carbocycles. The van der Waals surface area contributed by atoms with E-state index in [1.165, 1.54) is 11.3 Å². The smallest absolute Gasteiger partial charge is 0.273 e. The quantitative estimate of drug-likeness (QED) is 0.847. The third-order valence-corrected chi connectivity index (χ3v) is 4.43. The number of hydrogen-bond donors (Lipinski definition) is 0. The van der Waals surface area contributed by atoms with Crippen LogP contribution in [0.4, 0.5) is 0 Å². The molecule has 0 fully saturated rings.